The first-order chi connectivity index (χ1) is 12.9. The molecule has 2 aliphatic rings. The van der Waals surface area contributed by atoms with Crippen molar-refractivity contribution in [2.75, 3.05) is 26.0 Å². The number of nitrogens with two attached hydrogens (primary N) is 2. The van der Waals surface area contributed by atoms with Gasteiger partial charge in [-0.05, 0) is 43.4 Å². The Morgan fingerprint density at radius 2 is 2.15 bits per heavy atom. The quantitative estimate of drug-likeness (QED) is 0.272. The zero-order valence-electron chi connectivity index (χ0n) is 15.5. The molecule has 1 aromatic carbocycles. The highest BCUT2D eigenvalue weighted by molar-refractivity contribution is 6.44. The van der Waals surface area contributed by atoms with Crippen molar-refractivity contribution in [3.63, 3.8) is 0 Å². The molecular weight excluding hydrogens is 348 g/mol. The minimum absolute atomic E-state index is 0.268. The number of carbonyl (C=O) groups is 2. The van der Waals surface area contributed by atoms with Crippen LogP contribution in [0.3, 0.4) is 0 Å². The third-order valence-electron chi connectivity index (χ3n) is 5.64. The number of ether oxygens (including phenoxy) is 1. The van der Waals surface area contributed by atoms with Gasteiger partial charge in [0.1, 0.15) is 12.8 Å². The molecule has 0 aliphatic heterocycles. The highest BCUT2D eigenvalue weighted by Crippen LogP contribution is 2.45. The van der Waals surface area contributed by atoms with E-state index in [1.54, 1.807) is 25.2 Å². The van der Waals surface area contributed by atoms with Crippen LogP contribution in [0, 0.1) is 11.3 Å². The Morgan fingerprint density at radius 1 is 1.41 bits per heavy atom. The zero-order chi connectivity index (χ0) is 19.6. The molecule has 3 rings (SSSR count). The summed E-state index contributed by atoms with van der Waals surface area (Å²) in [5.74, 6) is 0.214. The van der Waals surface area contributed by atoms with Gasteiger partial charge in [0.2, 0.25) is 5.91 Å². The summed E-state index contributed by atoms with van der Waals surface area (Å²) in [5, 5.41) is 12.2. The summed E-state index contributed by atoms with van der Waals surface area (Å²) in [7, 11) is 1.62. The Balaban J connectivity index is 1.71. The predicted molar refractivity (Wildman–Crippen MR) is 99.9 cm³/mol. The lowest BCUT2D eigenvalue weighted by molar-refractivity contribution is -0.418. The Morgan fingerprint density at radius 3 is 2.67 bits per heavy atom. The molecule has 1 aromatic rings. The molecule has 0 bridgehead atoms. The molecule has 8 nitrogen and oxygen atoms in total. The summed E-state index contributed by atoms with van der Waals surface area (Å²) in [4.78, 5) is 27.1. The highest BCUT2D eigenvalue weighted by atomic mass is 16.5. The van der Waals surface area contributed by atoms with Gasteiger partial charge in [-0.25, -0.2) is 4.99 Å². The molecule has 2 aliphatic carbocycles. The number of primary amides is 1. The smallest absolute Gasteiger partial charge is 0.316 e. The van der Waals surface area contributed by atoms with E-state index in [0.29, 0.717) is 35.9 Å². The van der Waals surface area contributed by atoms with Crippen LogP contribution in [0.2, 0.25) is 0 Å². The SMILES string of the molecule is C[NH+]=C(C(=O)NC1CC1(CO)C(N)=O)c1cc(OCC2CCC2)ccc1N. The molecule has 0 saturated heterocycles. The number of amides is 2. The van der Waals surface area contributed by atoms with Crippen LogP contribution in [0.15, 0.2) is 18.2 Å². The number of carbonyl (C=O) groups excluding carboxylic acids is 2. The Kier molecular flexibility index (Phi) is 5.36. The van der Waals surface area contributed by atoms with Crippen LogP contribution in [0.4, 0.5) is 5.69 Å². The van der Waals surface area contributed by atoms with Gasteiger partial charge >= 0.3 is 5.91 Å². The fraction of sp³-hybridized carbons (Fsp3) is 0.526. The van der Waals surface area contributed by atoms with Crippen LogP contribution < -0.4 is 26.5 Å². The number of aliphatic hydroxyl groups excluding tert-OH is 1. The number of benzene rings is 1. The van der Waals surface area contributed by atoms with Crippen molar-refractivity contribution in [1.29, 1.82) is 0 Å². The van der Waals surface area contributed by atoms with E-state index in [1.165, 1.54) is 19.3 Å². The van der Waals surface area contributed by atoms with E-state index >= 15 is 0 Å². The van der Waals surface area contributed by atoms with Crippen LogP contribution >= 0.6 is 0 Å². The molecule has 0 radical (unpaired) electrons. The van der Waals surface area contributed by atoms with E-state index in [1.807, 2.05) is 0 Å². The lowest BCUT2D eigenvalue weighted by atomic mass is 9.86. The maximum Gasteiger partial charge on any atom is 0.316 e. The summed E-state index contributed by atoms with van der Waals surface area (Å²) >= 11 is 0. The predicted octanol–water partition coefficient (Wildman–Crippen LogP) is -1.70. The first-order valence-corrected chi connectivity index (χ1v) is 9.20. The molecule has 7 N–H and O–H groups in total. The van der Waals surface area contributed by atoms with Gasteiger partial charge in [0.25, 0.3) is 5.71 Å². The standard InChI is InChI=1S/C19H26N4O4/c1-22-16(17(25)23-15-8-19(15,10-24)18(21)26)13-7-12(5-6-14(13)20)27-9-11-3-2-4-11/h5-7,11,15,24H,2-4,8-10,20H2,1H3,(H2,21,26)(H,23,25)/p+1. The molecule has 2 amide bonds. The average Bonchev–Trinajstić information content (AvgIpc) is 3.31. The number of anilines is 1. The molecule has 2 fully saturated rings. The normalized spacial score (nSPS) is 24.8. The Hall–Kier alpha value is -2.61. The van der Waals surface area contributed by atoms with E-state index in [4.69, 9.17) is 16.2 Å². The van der Waals surface area contributed by atoms with E-state index < -0.39 is 29.9 Å². The average molecular weight is 375 g/mol. The van der Waals surface area contributed by atoms with Gasteiger partial charge in [-0.15, -0.1) is 0 Å². The van der Waals surface area contributed by atoms with Crippen molar-refractivity contribution in [2.45, 2.75) is 31.7 Å². The number of hydrogen-bond acceptors (Lipinski definition) is 5. The first kappa shape index (κ1) is 19.2. The highest BCUT2D eigenvalue weighted by Gasteiger charge is 2.60. The minimum atomic E-state index is -1.08. The number of aliphatic hydroxyl groups is 1. The van der Waals surface area contributed by atoms with E-state index in [9.17, 15) is 14.7 Å². The molecule has 2 atom stereocenters. The number of nitrogen functional groups attached to an aromatic ring is 1. The van der Waals surface area contributed by atoms with Crippen LogP contribution in [0.1, 0.15) is 31.2 Å². The molecule has 2 saturated carbocycles. The number of hydrogen-bond donors (Lipinski definition) is 5. The van der Waals surface area contributed by atoms with Gasteiger partial charge in [0, 0.05) is 11.7 Å². The van der Waals surface area contributed by atoms with Crippen LogP contribution in [-0.2, 0) is 9.59 Å². The molecule has 2 unspecified atom stereocenters. The van der Waals surface area contributed by atoms with Crippen LogP contribution in [-0.4, -0.2) is 48.9 Å². The Bertz CT molecular complexity index is 775. The molecule has 0 aromatic heterocycles. The van der Waals surface area contributed by atoms with Crippen molar-refractivity contribution >= 4 is 23.2 Å². The summed E-state index contributed by atoms with van der Waals surface area (Å²) in [6, 6.07) is 4.73. The second kappa shape index (κ2) is 7.56. The van der Waals surface area contributed by atoms with Crippen molar-refractivity contribution in [3.8, 4) is 5.75 Å². The van der Waals surface area contributed by atoms with E-state index in [-0.39, 0.29) is 5.71 Å². The molecule has 27 heavy (non-hydrogen) atoms. The largest absolute Gasteiger partial charge is 0.493 e. The first-order valence-electron chi connectivity index (χ1n) is 9.20. The van der Waals surface area contributed by atoms with Crippen molar-refractivity contribution in [1.82, 2.24) is 5.32 Å². The molecule has 0 heterocycles. The van der Waals surface area contributed by atoms with Gasteiger partial charge in [0.15, 0.2) is 0 Å². The van der Waals surface area contributed by atoms with Gasteiger partial charge in [-0.3, -0.25) is 9.59 Å². The fourth-order valence-corrected chi connectivity index (χ4v) is 3.34. The summed E-state index contributed by atoms with van der Waals surface area (Å²) < 4.78 is 5.83. The second-order valence-electron chi connectivity index (χ2n) is 7.39. The summed E-state index contributed by atoms with van der Waals surface area (Å²) in [6.45, 7) is 0.263. The summed E-state index contributed by atoms with van der Waals surface area (Å²) in [5.41, 5.74) is 11.5. The zero-order valence-corrected chi connectivity index (χ0v) is 15.5. The van der Waals surface area contributed by atoms with E-state index in [2.05, 4.69) is 10.3 Å². The van der Waals surface area contributed by atoms with Crippen molar-refractivity contribution < 1.29 is 24.4 Å². The monoisotopic (exact) mass is 375 g/mol. The van der Waals surface area contributed by atoms with Crippen molar-refractivity contribution in [3.05, 3.63) is 23.8 Å². The molecular formula is C19H27N4O4+. The lowest BCUT2D eigenvalue weighted by Crippen LogP contribution is -2.71. The number of rotatable bonds is 8. The third kappa shape index (κ3) is 3.75. The fourth-order valence-electron chi connectivity index (χ4n) is 3.34. The Labute approximate surface area is 158 Å². The lowest BCUT2D eigenvalue weighted by Gasteiger charge is -2.25. The summed E-state index contributed by atoms with van der Waals surface area (Å²) in [6.07, 6.45) is 3.94. The van der Waals surface area contributed by atoms with Crippen LogP contribution in [0.25, 0.3) is 0 Å². The van der Waals surface area contributed by atoms with Gasteiger partial charge in [-0.2, -0.15) is 0 Å². The minimum Gasteiger partial charge on any atom is -0.493 e. The second-order valence-corrected chi connectivity index (χ2v) is 7.39. The third-order valence-corrected chi connectivity index (χ3v) is 5.64. The number of nitrogens with one attached hydrogen (secondary N) is 2. The maximum absolute atomic E-state index is 12.7. The van der Waals surface area contributed by atoms with Gasteiger partial charge in [0.05, 0.1) is 24.2 Å². The topological polar surface area (TPSA) is 142 Å². The molecule has 0 spiro atoms. The molecule has 8 heteroatoms. The van der Waals surface area contributed by atoms with E-state index in [0.717, 1.165) is 0 Å². The molecule has 146 valence electrons. The van der Waals surface area contributed by atoms with Crippen molar-refractivity contribution in [2.24, 2.45) is 17.1 Å². The van der Waals surface area contributed by atoms with Gasteiger partial charge in [-0.1, -0.05) is 6.42 Å². The maximum atomic E-state index is 12.7. The van der Waals surface area contributed by atoms with Gasteiger partial charge < -0.3 is 26.6 Å². The van der Waals surface area contributed by atoms with Crippen LogP contribution in [0.5, 0.6) is 5.75 Å².